The molecule has 1 unspecified atom stereocenters. The highest BCUT2D eigenvalue weighted by Crippen LogP contribution is 2.13. The number of hydrogen-bond acceptors (Lipinski definition) is 3. The number of aromatic nitrogens is 3. The molecule has 0 spiro atoms. The molecule has 6 nitrogen and oxygen atoms in total. The monoisotopic (exact) mass is 249 g/mol. The summed E-state index contributed by atoms with van der Waals surface area (Å²) in [4.78, 5) is 29.8. The molecule has 6 heteroatoms. The fourth-order valence-electron chi connectivity index (χ4n) is 2.42. The molecule has 0 aromatic carbocycles. The Morgan fingerprint density at radius 2 is 2.28 bits per heavy atom. The number of hydrogen-bond donors (Lipinski definition) is 2. The van der Waals surface area contributed by atoms with Crippen LogP contribution < -0.4 is 11.2 Å². The molecular formula is C12H15N3O3. The van der Waals surface area contributed by atoms with Gasteiger partial charge in [0.05, 0.1) is 18.2 Å². The third kappa shape index (κ3) is 1.78. The van der Waals surface area contributed by atoms with Gasteiger partial charge in [0.1, 0.15) is 5.52 Å². The minimum atomic E-state index is -0.373. The maximum Gasteiger partial charge on any atom is 0.329 e. The van der Waals surface area contributed by atoms with Crippen LogP contribution >= 0.6 is 0 Å². The van der Waals surface area contributed by atoms with Crippen LogP contribution in [0.1, 0.15) is 18.5 Å². The van der Waals surface area contributed by atoms with Gasteiger partial charge in [-0.3, -0.25) is 9.36 Å². The summed E-state index contributed by atoms with van der Waals surface area (Å²) in [5.74, 6) is 0. The van der Waals surface area contributed by atoms with Crippen molar-refractivity contribution in [3.63, 3.8) is 0 Å². The molecule has 18 heavy (non-hydrogen) atoms. The SMILES string of the molecule is Cc1cc2[nH]c(=O)n(CC3CCCO3)c(=O)c2[nH]1. The van der Waals surface area contributed by atoms with Crippen molar-refractivity contribution in [1.29, 1.82) is 0 Å². The van der Waals surface area contributed by atoms with Gasteiger partial charge >= 0.3 is 5.69 Å². The molecule has 0 amide bonds. The highest BCUT2D eigenvalue weighted by atomic mass is 16.5. The van der Waals surface area contributed by atoms with Gasteiger partial charge in [0, 0.05) is 12.3 Å². The molecule has 1 fully saturated rings. The fraction of sp³-hybridized carbons (Fsp3) is 0.500. The van der Waals surface area contributed by atoms with Gasteiger partial charge in [-0.2, -0.15) is 0 Å². The Hall–Kier alpha value is -1.82. The van der Waals surface area contributed by atoms with Crippen LogP contribution in [-0.4, -0.2) is 27.2 Å². The maximum absolute atomic E-state index is 12.2. The van der Waals surface area contributed by atoms with Crippen molar-refractivity contribution in [2.75, 3.05) is 6.61 Å². The average Bonchev–Trinajstić information content (AvgIpc) is 2.93. The summed E-state index contributed by atoms with van der Waals surface area (Å²) in [6, 6.07) is 1.76. The summed E-state index contributed by atoms with van der Waals surface area (Å²) < 4.78 is 6.68. The van der Waals surface area contributed by atoms with E-state index >= 15 is 0 Å². The molecule has 0 aliphatic carbocycles. The van der Waals surface area contributed by atoms with Crippen molar-refractivity contribution in [1.82, 2.24) is 14.5 Å². The molecule has 1 aliphatic heterocycles. The first kappa shape index (κ1) is 11.3. The second kappa shape index (κ2) is 4.13. The first-order chi connectivity index (χ1) is 8.65. The highest BCUT2D eigenvalue weighted by molar-refractivity contribution is 5.74. The van der Waals surface area contributed by atoms with Crippen molar-refractivity contribution in [2.45, 2.75) is 32.4 Å². The van der Waals surface area contributed by atoms with E-state index in [0.717, 1.165) is 18.5 Å². The van der Waals surface area contributed by atoms with E-state index in [-0.39, 0.29) is 17.4 Å². The lowest BCUT2D eigenvalue weighted by molar-refractivity contribution is 0.0952. The Kier molecular flexibility index (Phi) is 2.59. The molecule has 2 aromatic rings. The van der Waals surface area contributed by atoms with Gasteiger partial charge in [0.15, 0.2) is 0 Å². The van der Waals surface area contributed by atoms with Crippen LogP contribution in [0.3, 0.4) is 0 Å². The quantitative estimate of drug-likeness (QED) is 0.813. The lowest BCUT2D eigenvalue weighted by Gasteiger charge is -2.10. The third-order valence-electron chi connectivity index (χ3n) is 3.31. The van der Waals surface area contributed by atoms with E-state index in [2.05, 4.69) is 9.97 Å². The lowest BCUT2D eigenvalue weighted by Crippen LogP contribution is -2.38. The number of nitrogens with one attached hydrogen (secondary N) is 2. The van der Waals surface area contributed by atoms with Gasteiger partial charge in [-0.25, -0.2) is 4.79 Å². The summed E-state index contributed by atoms with van der Waals surface area (Å²) >= 11 is 0. The first-order valence-corrected chi connectivity index (χ1v) is 6.09. The van der Waals surface area contributed by atoms with Crippen molar-refractivity contribution < 1.29 is 4.74 Å². The molecule has 1 aliphatic rings. The Balaban J connectivity index is 2.10. The number of rotatable bonds is 2. The van der Waals surface area contributed by atoms with E-state index in [1.54, 1.807) is 6.07 Å². The second-order valence-corrected chi connectivity index (χ2v) is 4.72. The number of ether oxygens (including phenoxy) is 1. The Bertz CT molecular complexity index is 689. The molecule has 96 valence electrons. The van der Waals surface area contributed by atoms with Crippen LogP contribution in [0, 0.1) is 6.92 Å². The lowest BCUT2D eigenvalue weighted by atomic mass is 10.2. The minimum Gasteiger partial charge on any atom is -0.376 e. The number of fused-ring (bicyclic) bond motifs is 1. The van der Waals surface area contributed by atoms with Crippen molar-refractivity contribution >= 4 is 11.0 Å². The molecule has 2 N–H and O–H groups in total. The largest absolute Gasteiger partial charge is 0.376 e. The van der Waals surface area contributed by atoms with E-state index in [1.807, 2.05) is 6.92 Å². The van der Waals surface area contributed by atoms with Crippen LogP contribution in [0.5, 0.6) is 0 Å². The second-order valence-electron chi connectivity index (χ2n) is 4.72. The molecule has 0 saturated carbocycles. The van der Waals surface area contributed by atoms with Crippen molar-refractivity contribution in [2.24, 2.45) is 0 Å². The molecule has 3 rings (SSSR count). The van der Waals surface area contributed by atoms with E-state index in [0.29, 0.717) is 24.2 Å². The zero-order valence-corrected chi connectivity index (χ0v) is 10.2. The summed E-state index contributed by atoms with van der Waals surface area (Å²) in [6.07, 6.45) is 1.85. The summed E-state index contributed by atoms with van der Waals surface area (Å²) in [7, 11) is 0. The molecule has 1 atom stereocenters. The molecule has 0 radical (unpaired) electrons. The van der Waals surface area contributed by atoms with E-state index in [4.69, 9.17) is 4.74 Å². The molecular weight excluding hydrogens is 234 g/mol. The average molecular weight is 249 g/mol. The van der Waals surface area contributed by atoms with Gasteiger partial charge in [-0.15, -0.1) is 0 Å². The summed E-state index contributed by atoms with van der Waals surface area (Å²) in [5.41, 5.74) is 1.21. The summed E-state index contributed by atoms with van der Waals surface area (Å²) in [6.45, 7) is 2.88. The van der Waals surface area contributed by atoms with Gasteiger partial charge in [0.2, 0.25) is 0 Å². The first-order valence-electron chi connectivity index (χ1n) is 6.09. The van der Waals surface area contributed by atoms with Crippen LogP contribution in [0.2, 0.25) is 0 Å². The highest BCUT2D eigenvalue weighted by Gasteiger charge is 2.19. The number of nitrogens with zero attached hydrogens (tertiary/aromatic N) is 1. The zero-order chi connectivity index (χ0) is 12.7. The Labute approximate surface area is 103 Å². The number of H-pyrrole nitrogens is 2. The van der Waals surface area contributed by atoms with E-state index in [9.17, 15) is 9.59 Å². The van der Waals surface area contributed by atoms with E-state index < -0.39 is 0 Å². The topological polar surface area (TPSA) is 79.9 Å². The third-order valence-corrected chi connectivity index (χ3v) is 3.31. The standard InChI is InChI=1S/C12H15N3O3/c1-7-5-9-10(13-7)11(16)15(12(17)14-9)6-8-3-2-4-18-8/h5,8,13H,2-4,6H2,1H3,(H,14,17). The van der Waals surface area contributed by atoms with Gasteiger partial charge < -0.3 is 14.7 Å². The minimum absolute atomic E-state index is 0.0303. The van der Waals surface area contributed by atoms with Gasteiger partial charge in [0.25, 0.3) is 5.56 Å². The zero-order valence-electron chi connectivity index (χ0n) is 10.2. The van der Waals surface area contributed by atoms with Crippen LogP contribution in [0.4, 0.5) is 0 Å². The molecule has 0 bridgehead atoms. The van der Waals surface area contributed by atoms with Gasteiger partial charge in [-0.05, 0) is 25.8 Å². The molecule has 2 aromatic heterocycles. The summed E-state index contributed by atoms with van der Waals surface area (Å²) in [5, 5.41) is 0. The molecule has 3 heterocycles. The number of aryl methyl sites for hydroxylation is 1. The Morgan fingerprint density at radius 1 is 1.44 bits per heavy atom. The predicted molar refractivity (Wildman–Crippen MR) is 66.9 cm³/mol. The normalized spacial score (nSPS) is 19.7. The number of aromatic amines is 2. The van der Waals surface area contributed by atoms with Crippen LogP contribution in [0.25, 0.3) is 11.0 Å². The van der Waals surface area contributed by atoms with Gasteiger partial charge in [-0.1, -0.05) is 0 Å². The van der Waals surface area contributed by atoms with Crippen LogP contribution in [-0.2, 0) is 11.3 Å². The fourth-order valence-corrected chi connectivity index (χ4v) is 2.42. The Morgan fingerprint density at radius 3 is 3.00 bits per heavy atom. The smallest absolute Gasteiger partial charge is 0.329 e. The molecule has 1 saturated heterocycles. The van der Waals surface area contributed by atoms with Crippen LogP contribution in [0.15, 0.2) is 15.7 Å². The maximum atomic E-state index is 12.2. The predicted octanol–water partition coefficient (Wildman–Crippen LogP) is 0.505. The van der Waals surface area contributed by atoms with E-state index in [1.165, 1.54) is 4.57 Å². The van der Waals surface area contributed by atoms with Crippen molar-refractivity contribution in [3.8, 4) is 0 Å². The van der Waals surface area contributed by atoms with Crippen molar-refractivity contribution in [3.05, 3.63) is 32.6 Å².